The number of rotatable bonds is 4. The van der Waals surface area contributed by atoms with E-state index in [0.717, 1.165) is 16.5 Å². The van der Waals surface area contributed by atoms with Crippen molar-refractivity contribution in [2.24, 2.45) is 0 Å². The average Bonchev–Trinajstić information content (AvgIpc) is 2.36. The quantitative estimate of drug-likeness (QED) is 0.674. The van der Waals surface area contributed by atoms with Gasteiger partial charge in [-0.2, -0.15) is 0 Å². The normalized spacial score (nSPS) is 10.4. The van der Waals surface area contributed by atoms with Gasteiger partial charge in [0.25, 0.3) is 0 Å². The minimum Gasteiger partial charge on any atom is -0.355 e. The number of hydrogen-bond donors (Lipinski definition) is 1. The van der Waals surface area contributed by atoms with Crippen molar-refractivity contribution in [2.75, 3.05) is 11.0 Å². The van der Waals surface area contributed by atoms with Crippen LogP contribution in [0.1, 0.15) is 5.56 Å². The number of carbonyl (C=O) groups excluding carboxylic acids is 1. The Labute approximate surface area is 115 Å². The van der Waals surface area contributed by atoms with Crippen molar-refractivity contribution in [3.05, 3.63) is 48.0 Å². The number of amides is 1. The first kappa shape index (κ1) is 12.4. The Balaban J connectivity index is 2.11. The third-order valence-electron chi connectivity index (χ3n) is 2.60. The molecule has 0 atom stereocenters. The third kappa shape index (κ3) is 3.43. The smallest absolute Gasteiger partial charge is 0.224 e. The summed E-state index contributed by atoms with van der Waals surface area (Å²) < 4.78 is 0.946. The molecule has 1 N–H and O–H groups in total. The molecule has 2 rings (SSSR count). The molecule has 0 fully saturated rings. The summed E-state index contributed by atoms with van der Waals surface area (Å²) in [5.74, 6) is 0.0944. The molecule has 2 aromatic rings. The van der Waals surface area contributed by atoms with Crippen LogP contribution in [0, 0.1) is 0 Å². The zero-order valence-electron chi connectivity index (χ0n) is 9.45. The lowest BCUT2D eigenvalue weighted by molar-refractivity contribution is -0.120. The lowest BCUT2D eigenvalue weighted by Crippen LogP contribution is -2.26. The fraction of sp³-hybridized carbons (Fsp3) is 0.214. The zero-order chi connectivity index (χ0) is 12.1. The van der Waals surface area contributed by atoms with E-state index < -0.39 is 0 Å². The molecule has 0 aliphatic rings. The summed E-state index contributed by atoms with van der Waals surface area (Å²) in [4.78, 5) is 11.6. The van der Waals surface area contributed by atoms with Crippen LogP contribution >= 0.6 is 22.6 Å². The van der Waals surface area contributed by atoms with Gasteiger partial charge in [-0.3, -0.25) is 4.79 Å². The first-order valence-electron chi connectivity index (χ1n) is 5.60. The molecule has 0 aliphatic carbocycles. The van der Waals surface area contributed by atoms with E-state index in [0.29, 0.717) is 6.42 Å². The first-order chi connectivity index (χ1) is 8.29. The highest BCUT2D eigenvalue weighted by Crippen LogP contribution is 2.15. The molecule has 0 radical (unpaired) electrons. The van der Waals surface area contributed by atoms with Crippen molar-refractivity contribution < 1.29 is 4.79 Å². The summed E-state index contributed by atoms with van der Waals surface area (Å²) in [5.41, 5.74) is 1.06. The molecule has 17 heavy (non-hydrogen) atoms. The maximum absolute atomic E-state index is 11.6. The Hall–Kier alpha value is -1.10. The van der Waals surface area contributed by atoms with E-state index in [2.05, 4.69) is 52.2 Å². The summed E-state index contributed by atoms with van der Waals surface area (Å²) >= 11 is 2.25. The summed E-state index contributed by atoms with van der Waals surface area (Å²) in [6.45, 7) is 0.743. The van der Waals surface area contributed by atoms with Crippen molar-refractivity contribution in [3.63, 3.8) is 0 Å². The SMILES string of the molecule is O=C(Cc1ccc2ccccc2c1)NCCI. The molecule has 3 heteroatoms. The van der Waals surface area contributed by atoms with Gasteiger partial charge in [-0.15, -0.1) is 0 Å². The molecule has 0 heterocycles. The van der Waals surface area contributed by atoms with Gasteiger partial charge in [0.2, 0.25) is 5.91 Å². The lowest BCUT2D eigenvalue weighted by Gasteiger charge is -2.04. The predicted molar refractivity (Wildman–Crippen MR) is 79.5 cm³/mol. The Kier molecular flexibility index (Phi) is 4.36. The molecule has 0 bridgehead atoms. The molecule has 1 amide bonds. The van der Waals surface area contributed by atoms with Crippen LogP contribution in [0.25, 0.3) is 10.8 Å². The number of fused-ring (bicyclic) bond motifs is 1. The number of halogens is 1. The maximum atomic E-state index is 11.6. The number of benzene rings is 2. The maximum Gasteiger partial charge on any atom is 0.224 e. The van der Waals surface area contributed by atoms with E-state index in [4.69, 9.17) is 0 Å². The fourth-order valence-electron chi connectivity index (χ4n) is 1.78. The van der Waals surface area contributed by atoms with Gasteiger partial charge >= 0.3 is 0 Å². The molecule has 0 aliphatic heterocycles. The molecule has 0 spiro atoms. The second kappa shape index (κ2) is 6.00. The lowest BCUT2D eigenvalue weighted by atomic mass is 10.1. The second-order valence-electron chi connectivity index (χ2n) is 3.90. The van der Waals surface area contributed by atoms with Gasteiger partial charge in [-0.1, -0.05) is 65.1 Å². The van der Waals surface area contributed by atoms with Gasteiger partial charge in [0, 0.05) is 11.0 Å². The van der Waals surface area contributed by atoms with Gasteiger partial charge in [0.15, 0.2) is 0 Å². The van der Waals surface area contributed by atoms with Crippen LogP contribution in [-0.2, 0) is 11.2 Å². The predicted octanol–water partition coefficient (Wildman–Crippen LogP) is 2.93. The van der Waals surface area contributed by atoms with E-state index in [1.165, 1.54) is 10.8 Å². The molecule has 0 aromatic heterocycles. The van der Waals surface area contributed by atoms with E-state index in [1.807, 2.05) is 18.2 Å². The van der Waals surface area contributed by atoms with Crippen molar-refractivity contribution in [2.45, 2.75) is 6.42 Å². The van der Waals surface area contributed by atoms with E-state index in [1.54, 1.807) is 0 Å². The highest BCUT2D eigenvalue weighted by molar-refractivity contribution is 14.1. The molecule has 0 saturated carbocycles. The van der Waals surface area contributed by atoms with Crippen LogP contribution < -0.4 is 5.32 Å². The van der Waals surface area contributed by atoms with Gasteiger partial charge in [0.1, 0.15) is 0 Å². The minimum atomic E-state index is 0.0944. The van der Waals surface area contributed by atoms with Crippen molar-refractivity contribution >= 4 is 39.3 Å². The summed E-state index contributed by atoms with van der Waals surface area (Å²) in [5, 5.41) is 5.28. The third-order valence-corrected chi connectivity index (χ3v) is 3.13. The van der Waals surface area contributed by atoms with Gasteiger partial charge in [-0.05, 0) is 16.3 Å². The minimum absolute atomic E-state index is 0.0944. The summed E-state index contributed by atoms with van der Waals surface area (Å²) in [7, 11) is 0. The topological polar surface area (TPSA) is 29.1 Å². The van der Waals surface area contributed by atoms with Crippen molar-refractivity contribution in [1.82, 2.24) is 5.32 Å². The number of nitrogens with one attached hydrogen (secondary N) is 1. The molecule has 0 saturated heterocycles. The van der Waals surface area contributed by atoms with Crippen LogP contribution in [0.15, 0.2) is 42.5 Å². The average molecular weight is 339 g/mol. The van der Waals surface area contributed by atoms with E-state index in [-0.39, 0.29) is 5.91 Å². The number of hydrogen-bond acceptors (Lipinski definition) is 1. The highest BCUT2D eigenvalue weighted by Gasteiger charge is 2.03. The van der Waals surface area contributed by atoms with Gasteiger partial charge < -0.3 is 5.32 Å². The van der Waals surface area contributed by atoms with Crippen LogP contribution in [-0.4, -0.2) is 16.9 Å². The van der Waals surface area contributed by atoms with Crippen LogP contribution in [0.2, 0.25) is 0 Å². The molecule has 2 nitrogen and oxygen atoms in total. The number of alkyl halides is 1. The molecule has 88 valence electrons. The monoisotopic (exact) mass is 339 g/mol. The first-order valence-corrected chi connectivity index (χ1v) is 7.12. The standard InChI is InChI=1S/C14H14INO/c15-7-8-16-14(17)10-11-5-6-12-3-1-2-4-13(12)9-11/h1-6,9H,7-8,10H2,(H,16,17). The Bertz CT molecular complexity index is 524. The second-order valence-corrected chi connectivity index (χ2v) is 4.98. The molecule has 2 aromatic carbocycles. The van der Waals surface area contributed by atoms with Crippen molar-refractivity contribution in [3.8, 4) is 0 Å². The van der Waals surface area contributed by atoms with Crippen molar-refractivity contribution in [1.29, 1.82) is 0 Å². The van der Waals surface area contributed by atoms with E-state index >= 15 is 0 Å². The van der Waals surface area contributed by atoms with Crippen LogP contribution in [0.4, 0.5) is 0 Å². The Morgan fingerprint density at radius 3 is 2.65 bits per heavy atom. The van der Waals surface area contributed by atoms with Crippen LogP contribution in [0.3, 0.4) is 0 Å². The molecular weight excluding hydrogens is 325 g/mol. The van der Waals surface area contributed by atoms with Gasteiger partial charge in [-0.25, -0.2) is 0 Å². The highest BCUT2D eigenvalue weighted by atomic mass is 127. The Morgan fingerprint density at radius 1 is 1.12 bits per heavy atom. The summed E-state index contributed by atoms with van der Waals surface area (Å²) in [6, 6.07) is 14.4. The largest absolute Gasteiger partial charge is 0.355 e. The summed E-state index contributed by atoms with van der Waals surface area (Å²) in [6.07, 6.45) is 0.460. The van der Waals surface area contributed by atoms with E-state index in [9.17, 15) is 4.79 Å². The zero-order valence-corrected chi connectivity index (χ0v) is 11.6. The fourth-order valence-corrected chi connectivity index (χ4v) is 2.05. The Morgan fingerprint density at radius 2 is 1.88 bits per heavy atom. The van der Waals surface area contributed by atoms with Crippen LogP contribution in [0.5, 0.6) is 0 Å². The molecular formula is C14H14INO. The number of carbonyl (C=O) groups is 1. The van der Waals surface area contributed by atoms with Gasteiger partial charge in [0.05, 0.1) is 6.42 Å². The molecule has 0 unspecified atom stereocenters.